The summed E-state index contributed by atoms with van der Waals surface area (Å²) in [5.41, 5.74) is 0.0812. The first-order valence-electron chi connectivity index (χ1n) is 6.21. The Kier molecular flexibility index (Phi) is 4.47. The Morgan fingerprint density at radius 2 is 1.62 bits per heavy atom. The number of amides is 1. The first-order valence-corrected chi connectivity index (χ1v) is 6.21. The van der Waals surface area contributed by atoms with Crippen LogP contribution in [-0.4, -0.2) is 12.5 Å². The molecule has 0 fully saturated rings. The number of rotatable bonds is 4. The molecule has 0 heterocycles. The molecule has 0 aliphatic carbocycles. The molecule has 0 aliphatic rings. The van der Waals surface area contributed by atoms with Gasteiger partial charge in [-0.1, -0.05) is 24.3 Å². The second kappa shape index (κ2) is 6.30. The summed E-state index contributed by atoms with van der Waals surface area (Å²) in [4.78, 5) is 11.7. The third-order valence-electron chi connectivity index (χ3n) is 2.70. The summed E-state index contributed by atoms with van der Waals surface area (Å²) in [6.07, 6.45) is -4.43. The Morgan fingerprint density at radius 1 is 0.952 bits per heavy atom. The molecule has 2 N–H and O–H groups in total. The fraction of sp³-hybridized carbons (Fsp3) is 0.133. The van der Waals surface area contributed by atoms with Gasteiger partial charge in [-0.05, 0) is 30.3 Å². The molecule has 3 nitrogen and oxygen atoms in total. The molecule has 0 saturated heterocycles. The van der Waals surface area contributed by atoms with Gasteiger partial charge in [0.2, 0.25) is 5.91 Å². The molecule has 0 bridgehead atoms. The van der Waals surface area contributed by atoms with E-state index in [0.717, 1.165) is 17.8 Å². The van der Waals surface area contributed by atoms with Crippen molar-refractivity contribution >= 4 is 17.3 Å². The van der Waals surface area contributed by atoms with Crippen LogP contribution in [0.2, 0.25) is 0 Å². The second-order valence-corrected chi connectivity index (χ2v) is 4.35. The topological polar surface area (TPSA) is 41.1 Å². The zero-order valence-corrected chi connectivity index (χ0v) is 10.9. The number of hydrogen-bond donors (Lipinski definition) is 2. The summed E-state index contributed by atoms with van der Waals surface area (Å²) in [5, 5.41) is 5.30. The van der Waals surface area contributed by atoms with Crippen molar-refractivity contribution in [3.05, 3.63) is 60.2 Å². The number of para-hydroxylation sites is 1. The summed E-state index contributed by atoms with van der Waals surface area (Å²) in [6.45, 7) is -0.0275. The predicted molar refractivity (Wildman–Crippen MR) is 75.0 cm³/mol. The molecule has 2 aromatic rings. The molecular formula is C15H13F3N2O. The van der Waals surface area contributed by atoms with Crippen LogP contribution in [0.25, 0.3) is 0 Å². The lowest BCUT2D eigenvalue weighted by Gasteiger charge is -2.10. The highest BCUT2D eigenvalue weighted by Gasteiger charge is 2.30. The fourth-order valence-electron chi connectivity index (χ4n) is 1.72. The SMILES string of the molecule is O=C(CNc1ccccc1)Nc1cccc(C(F)(F)F)c1. The van der Waals surface area contributed by atoms with Gasteiger partial charge in [-0.2, -0.15) is 13.2 Å². The van der Waals surface area contributed by atoms with Crippen molar-refractivity contribution < 1.29 is 18.0 Å². The molecule has 1 amide bonds. The minimum atomic E-state index is -4.43. The zero-order valence-electron chi connectivity index (χ0n) is 10.9. The fourth-order valence-corrected chi connectivity index (χ4v) is 1.72. The summed E-state index contributed by atoms with van der Waals surface area (Å²) in [7, 11) is 0. The van der Waals surface area contributed by atoms with E-state index >= 15 is 0 Å². The van der Waals surface area contributed by atoms with Gasteiger partial charge in [0.1, 0.15) is 0 Å². The molecule has 0 saturated carbocycles. The molecule has 0 aliphatic heterocycles. The number of benzene rings is 2. The molecular weight excluding hydrogens is 281 g/mol. The van der Waals surface area contributed by atoms with E-state index in [0.29, 0.717) is 0 Å². The maximum absolute atomic E-state index is 12.5. The number of halogens is 3. The molecule has 0 unspecified atom stereocenters. The van der Waals surface area contributed by atoms with Crippen LogP contribution in [0.3, 0.4) is 0 Å². The molecule has 110 valence electrons. The van der Waals surface area contributed by atoms with Crippen molar-refractivity contribution in [2.24, 2.45) is 0 Å². The largest absolute Gasteiger partial charge is 0.416 e. The van der Waals surface area contributed by atoms with E-state index in [2.05, 4.69) is 10.6 Å². The van der Waals surface area contributed by atoms with Crippen LogP contribution in [0.4, 0.5) is 24.5 Å². The lowest BCUT2D eigenvalue weighted by Crippen LogP contribution is -2.22. The van der Waals surface area contributed by atoms with Gasteiger partial charge in [0, 0.05) is 11.4 Å². The van der Waals surface area contributed by atoms with Crippen molar-refractivity contribution in [2.75, 3.05) is 17.2 Å². The average Bonchev–Trinajstić information content (AvgIpc) is 2.46. The quantitative estimate of drug-likeness (QED) is 0.901. The molecule has 0 radical (unpaired) electrons. The molecule has 6 heteroatoms. The van der Waals surface area contributed by atoms with Gasteiger partial charge in [-0.25, -0.2) is 0 Å². The molecule has 0 spiro atoms. The number of carbonyl (C=O) groups is 1. The van der Waals surface area contributed by atoms with Crippen LogP contribution >= 0.6 is 0 Å². The zero-order chi connectivity index (χ0) is 15.3. The Bertz CT molecular complexity index is 612. The Morgan fingerprint density at radius 3 is 2.29 bits per heavy atom. The lowest BCUT2D eigenvalue weighted by atomic mass is 10.2. The Hall–Kier alpha value is -2.50. The third kappa shape index (κ3) is 4.52. The highest BCUT2D eigenvalue weighted by atomic mass is 19.4. The molecule has 21 heavy (non-hydrogen) atoms. The van der Waals surface area contributed by atoms with Crippen molar-refractivity contribution in [1.82, 2.24) is 0 Å². The number of carbonyl (C=O) groups excluding carboxylic acids is 1. The molecule has 0 atom stereocenters. The van der Waals surface area contributed by atoms with Crippen LogP contribution in [0.5, 0.6) is 0 Å². The maximum Gasteiger partial charge on any atom is 0.416 e. The van der Waals surface area contributed by atoms with E-state index in [1.54, 1.807) is 12.1 Å². The summed E-state index contributed by atoms with van der Waals surface area (Å²) in [5.74, 6) is -0.418. The van der Waals surface area contributed by atoms with Gasteiger partial charge in [-0.3, -0.25) is 4.79 Å². The van der Waals surface area contributed by atoms with Crippen LogP contribution in [0.15, 0.2) is 54.6 Å². The number of alkyl halides is 3. The summed E-state index contributed by atoms with van der Waals surface area (Å²) < 4.78 is 37.6. The smallest absolute Gasteiger partial charge is 0.376 e. The van der Waals surface area contributed by atoms with Crippen molar-refractivity contribution in [2.45, 2.75) is 6.18 Å². The van der Waals surface area contributed by atoms with E-state index in [9.17, 15) is 18.0 Å². The van der Waals surface area contributed by atoms with Gasteiger partial charge in [0.15, 0.2) is 0 Å². The van der Waals surface area contributed by atoms with Crippen LogP contribution < -0.4 is 10.6 Å². The summed E-state index contributed by atoms with van der Waals surface area (Å²) in [6, 6.07) is 13.6. The standard InChI is InChI=1S/C15H13F3N2O/c16-15(17,18)11-5-4-8-13(9-11)20-14(21)10-19-12-6-2-1-3-7-12/h1-9,19H,10H2,(H,20,21). The number of nitrogens with one attached hydrogen (secondary N) is 2. The third-order valence-corrected chi connectivity index (χ3v) is 2.70. The minimum Gasteiger partial charge on any atom is -0.376 e. The van der Waals surface area contributed by atoms with E-state index < -0.39 is 17.6 Å². The normalized spacial score (nSPS) is 11.0. The first kappa shape index (κ1) is 14.9. The van der Waals surface area contributed by atoms with Crippen LogP contribution in [0.1, 0.15) is 5.56 Å². The average molecular weight is 294 g/mol. The summed E-state index contributed by atoms with van der Waals surface area (Å²) >= 11 is 0. The predicted octanol–water partition coefficient (Wildman–Crippen LogP) is 3.76. The van der Waals surface area contributed by atoms with Gasteiger partial charge in [0.05, 0.1) is 12.1 Å². The molecule has 0 aromatic heterocycles. The van der Waals surface area contributed by atoms with Gasteiger partial charge in [-0.15, -0.1) is 0 Å². The van der Waals surface area contributed by atoms with E-state index in [-0.39, 0.29) is 12.2 Å². The second-order valence-electron chi connectivity index (χ2n) is 4.35. The number of anilines is 2. The van der Waals surface area contributed by atoms with Gasteiger partial charge >= 0.3 is 6.18 Å². The van der Waals surface area contributed by atoms with E-state index in [4.69, 9.17) is 0 Å². The maximum atomic E-state index is 12.5. The Labute approximate surface area is 119 Å². The van der Waals surface area contributed by atoms with Gasteiger partial charge < -0.3 is 10.6 Å². The highest BCUT2D eigenvalue weighted by molar-refractivity contribution is 5.93. The lowest BCUT2D eigenvalue weighted by molar-refractivity contribution is -0.137. The molecule has 2 aromatic carbocycles. The van der Waals surface area contributed by atoms with E-state index in [1.165, 1.54) is 12.1 Å². The highest BCUT2D eigenvalue weighted by Crippen LogP contribution is 2.30. The van der Waals surface area contributed by atoms with Crippen LogP contribution in [0, 0.1) is 0 Å². The Balaban J connectivity index is 1.94. The van der Waals surface area contributed by atoms with E-state index in [1.807, 2.05) is 18.2 Å². The molecule has 2 rings (SSSR count). The number of hydrogen-bond acceptors (Lipinski definition) is 2. The minimum absolute atomic E-state index is 0.0275. The monoisotopic (exact) mass is 294 g/mol. The van der Waals surface area contributed by atoms with Crippen molar-refractivity contribution in [1.29, 1.82) is 0 Å². The van der Waals surface area contributed by atoms with Crippen molar-refractivity contribution in [3.63, 3.8) is 0 Å². The van der Waals surface area contributed by atoms with Crippen LogP contribution in [-0.2, 0) is 11.0 Å². The first-order chi connectivity index (χ1) is 9.95. The van der Waals surface area contributed by atoms with Crippen molar-refractivity contribution in [3.8, 4) is 0 Å². The van der Waals surface area contributed by atoms with Gasteiger partial charge in [0.25, 0.3) is 0 Å².